The Labute approximate surface area is 171 Å². The third-order valence-electron chi connectivity index (χ3n) is 5.90. The number of halogens is 2. The molecule has 1 fully saturated rings. The van der Waals surface area contributed by atoms with Gasteiger partial charge in [-0.15, -0.1) is 0 Å². The van der Waals surface area contributed by atoms with Gasteiger partial charge in [0, 0.05) is 41.0 Å². The summed E-state index contributed by atoms with van der Waals surface area (Å²) < 4.78 is 28.2. The van der Waals surface area contributed by atoms with Crippen LogP contribution >= 0.6 is 0 Å². The Bertz CT molecular complexity index is 1150. The second-order valence-electron chi connectivity index (χ2n) is 7.81. The minimum absolute atomic E-state index is 0.0571. The van der Waals surface area contributed by atoms with Crippen molar-refractivity contribution in [2.75, 3.05) is 6.54 Å². The Hall–Kier alpha value is -3.10. The average Bonchev–Trinajstić information content (AvgIpc) is 3.12. The highest BCUT2D eigenvalue weighted by atomic mass is 19.3. The molecule has 0 spiro atoms. The number of nitro groups is 1. The summed E-state index contributed by atoms with van der Waals surface area (Å²) in [6.45, 7) is -0.236. The van der Waals surface area contributed by atoms with E-state index in [9.17, 15) is 18.9 Å². The normalized spacial score (nSPS) is 21.3. The highest BCUT2D eigenvalue weighted by Gasteiger charge is 2.46. The fourth-order valence-corrected chi connectivity index (χ4v) is 4.36. The lowest BCUT2D eigenvalue weighted by Gasteiger charge is -2.45. The van der Waals surface area contributed by atoms with Crippen molar-refractivity contribution in [1.82, 2.24) is 15.0 Å². The van der Waals surface area contributed by atoms with Gasteiger partial charge in [0.2, 0.25) is 0 Å². The standard InChI is InChI=1S/C22H20F2N4O2/c23-22(24)14-27(25-22)17-7-5-15(6-8-17)20-13-26(21-4-2-1-3-19(20)21)16-9-11-18(12-10-16)28(29)30/h1-5,9-13,17,25H,6-8,14H2. The minimum Gasteiger partial charge on any atom is -0.316 e. The van der Waals surface area contributed by atoms with Gasteiger partial charge in [0.25, 0.3) is 5.69 Å². The number of nitro benzene ring substituents is 1. The van der Waals surface area contributed by atoms with Crippen LogP contribution in [-0.2, 0) is 0 Å². The SMILES string of the molecule is O=[N+]([O-])c1ccc(-n2cc(C3=CCC(N4CC(F)(F)N4)CC3)c3ccccc32)cc1. The van der Waals surface area contributed by atoms with Crippen LogP contribution in [0.1, 0.15) is 24.8 Å². The highest BCUT2D eigenvalue weighted by molar-refractivity contribution is 5.94. The molecule has 0 amide bonds. The number of alkyl halides is 2. The zero-order chi connectivity index (χ0) is 20.9. The molecule has 2 heterocycles. The van der Waals surface area contributed by atoms with Gasteiger partial charge in [-0.2, -0.15) is 14.2 Å². The topological polar surface area (TPSA) is 63.3 Å². The van der Waals surface area contributed by atoms with Gasteiger partial charge in [-0.05, 0) is 43.0 Å². The van der Waals surface area contributed by atoms with Crippen LogP contribution in [0.5, 0.6) is 0 Å². The van der Waals surface area contributed by atoms with Gasteiger partial charge < -0.3 is 4.57 Å². The van der Waals surface area contributed by atoms with Gasteiger partial charge >= 0.3 is 6.05 Å². The highest BCUT2D eigenvalue weighted by Crippen LogP contribution is 2.37. The molecule has 1 atom stereocenters. The van der Waals surface area contributed by atoms with Crippen molar-refractivity contribution in [1.29, 1.82) is 0 Å². The van der Waals surface area contributed by atoms with E-state index in [-0.39, 0.29) is 18.3 Å². The Morgan fingerprint density at radius 2 is 1.87 bits per heavy atom. The van der Waals surface area contributed by atoms with Crippen molar-refractivity contribution >= 4 is 22.2 Å². The molecule has 1 N–H and O–H groups in total. The van der Waals surface area contributed by atoms with Gasteiger partial charge in [-0.1, -0.05) is 24.3 Å². The zero-order valence-electron chi connectivity index (χ0n) is 16.1. The molecule has 6 nitrogen and oxygen atoms in total. The Morgan fingerprint density at radius 1 is 1.13 bits per heavy atom. The second-order valence-corrected chi connectivity index (χ2v) is 7.81. The maximum absolute atomic E-state index is 13.1. The number of rotatable bonds is 4. The number of nitrogens with one attached hydrogen (secondary N) is 1. The maximum Gasteiger partial charge on any atom is 0.328 e. The van der Waals surface area contributed by atoms with Crippen molar-refractivity contribution in [3.63, 3.8) is 0 Å². The summed E-state index contributed by atoms with van der Waals surface area (Å²) in [5.41, 5.74) is 6.48. The third-order valence-corrected chi connectivity index (χ3v) is 5.90. The van der Waals surface area contributed by atoms with Crippen LogP contribution in [0, 0.1) is 10.1 Å². The van der Waals surface area contributed by atoms with Gasteiger partial charge in [0.05, 0.1) is 17.0 Å². The van der Waals surface area contributed by atoms with Gasteiger partial charge in [-0.25, -0.2) is 5.01 Å². The number of allylic oxidation sites excluding steroid dienone is 1. The summed E-state index contributed by atoms with van der Waals surface area (Å²) in [7, 11) is 0. The zero-order valence-corrected chi connectivity index (χ0v) is 16.1. The first kappa shape index (κ1) is 18.9. The summed E-state index contributed by atoms with van der Waals surface area (Å²) in [6, 6.07) is 11.9. The van der Waals surface area contributed by atoms with Crippen molar-refractivity contribution < 1.29 is 13.7 Å². The van der Waals surface area contributed by atoms with E-state index >= 15 is 0 Å². The predicted octanol–water partition coefficient (Wildman–Crippen LogP) is 4.89. The maximum atomic E-state index is 13.1. The predicted molar refractivity (Wildman–Crippen MR) is 110 cm³/mol. The molecule has 2 aliphatic rings. The molecule has 0 bridgehead atoms. The summed E-state index contributed by atoms with van der Waals surface area (Å²) in [6.07, 6.45) is 6.55. The monoisotopic (exact) mass is 410 g/mol. The first-order valence-corrected chi connectivity index (χ1v) is 9.88. The van der Waals surface area contributed by atoms with Gasteiger partial charge in [-0.3, -0.25) is 10.1 Å². The number of hydrazine groups is 1. The molecule has 1 saturated heterocycles. The average molecular weight is 410 g/mol. The lowest BCUT2D eigenvalue weighted by molar-refractivity contribution is -0.384. The first-order valence-electron chi connectivity index (χ1n) is 9.88. The van der Waals surface area contributed by atoms with Crippen molar-refractivity contribution in [2.45, 2.75) is 31.4 Å². The number of fused-ring (bicyclic) bond motifs is 1. The summed E-state index contributed by atoms with van der Waals surface area (Å²) in [5, 5.41) is 13.7. The molecule has 154 valence electrons. The van der Waals surface area contributed by atoms with Crippen LogP contribution in [0.3, 0.4) is 0 Å². The van der Waals surface area contributed by atoms with E-state index in [0.29, 0.717) is 0 Å². The molecule has 1 unspecified atom stereocenters. The number of aromatic nitrogens is 1. The largest absolute Gasteiger partial charge is 0.328 e. The lowest BCUT2D eigenvalue weighted by Crippen LogP contribution is -2.69. The fraction of sp³-hybridized carbons (Fsp3) is 0.273. The molecule has 1 aliphatic heterocycles. The minimum atomic E-state index is -2.78. The Balaban J connectivity index is 1.46. The van der Waals surface area contributed by atoms with E-state index < -0.39 is 11.0 Å². The Kier molecular flexibility index (Phi) is 4.41. The van der Waals surface area contributed by atoms with E-state index in [0.717, 1.165) is 41.4 Å². The van der Waals surface area contributed by atoms with Crippen LogP contribution in [-0.4, -0.2) is 33.1 Å². The molecule has 0 saturated carbocycles. The second kappa shape index (κ2) is 7.00. The van der Waals surface area contributed by atoms with E-state index in [1.165, 1.54) is 17.7 Å². The molecule has 1 aromatic heterocycles. The fourth-order valence-electron chi connectivity index (χ4n) is 4.36. The van der Waals surface area contributed by atoms with E-state index in [2.05, 4.69) is 23.8 Å². The molecule has 3 aromatic rings. The van der Waals surface area contributed by atoms with Crippen molar-refractivity contribution in [3.8, 4) is 5.69 Å². The number of hydrogen-bond donors (Lipinski definition) is 1. The van der Waals surface area contributed by atoms with Crippen LogP contribution in [0.2, 0.25) is 0 Å². The molecule has 1 aliphatic carbocycles. The van der Waals surface area contributed by atoms with Crippen LogP contribution in [0.25, 0.3) is 22.2 Å². The molecular formula is C22H20F2N4O2. The number of nitrogens with zero attached hydrogens (tertiary/aromatic N) is 3. The van der Waals surface area contributed by atoms with Gasteiger partial charge in [0.15, 0.2) is 0 Å². The molecule has 5 rings (SSSR count). The molecule has 30 heavy (non-hydrogen) atoms. The number of para-hydroxylation sites is 1. The molecule has 2 aromatic carbocycles. The van der Waals surface area contributed by atoms with Gasteiger partial charge in [0.1, 0.15) is 0 Å². The molecule has 8 heteroatoms. The van der Waals surface area contributed by atoms with E-state index in [1.54, 1.807) is 17.1 Å². The number of benzene rings is 2. The lowest BCUT2D eigenvalue weighted by atomic mass is 9.90. The summed E-state index contributed by atoms with van der Waals surface area (Å²) >= 11 is 0. The summed E-state index contributed by atoms with van der Waals surface area (Å²) in [5.74, 6) is 0. The molecule has 0 radical (unpaired) electrons. The van der Waals surface area contributed by atoms with Crippen molar-refractivity contribution in [2.24, 2.45) is 0 Å². The number of non-ortho nitro benzene ring substituents is 1. The van der Waals surface area contributed by atoms with Crippen LogP contribution in [0.15, 0.2) is 60.8 Å². The van der Waals surface area contributed by atoms with E-state index in [1.807, 2.05) is 22.8 Å². The molecular weight excluding hydrogens is 390 g/mol. The number of hydrogen-bond acceptors (Lipinski definition) is 4. The smallest absolute Gasteiger partial charge is 0.316 e. The quantitative estimate of drug-likeness (QED) is 0.378. The summed E-state index contributed by atoms with van der Waals surface area (Å²) in [4.78, 5) is 10.5. The Morgan fingerprint density at radius 3 is 2.50 bits per heavy atom. The third kappa shape index (κ3) is 3.28. The first-order chi connectivity index (χ1) is 14.4. The van der Waals surface area contributed by atoms with E-state index in [4.69, 9.17) is 0 Å². The van der Waals surface area contributed by atoms with Crippen LogP contribution < -0.4 is 5.43 Å². The van der Waals surface area contributed by atoms with Crippen LogP contribution in [0.4, 0.5) is 14.5 Å². The van der Waals surface area contributed by atoms with Crippen molar-refractivity contribution in [3.05, 3.63) is 76.5 Å².